The highest BCUT2D eigenvalue weighted by Crippen LogP contribution is 2.10. The number of rotatable bonds is 39. The van der Waals surface area contributed by atoms with Crippen LogP contribution in [0.15, 0.2) is 55.1 Å². The first-order chi connectivity index (χ1) is 38.4. The topological polar surface area (TPSA) is 495 Å². The summed E-state index contributed by atoms with van der Waals surface area (Å²) in [5.74, 6) is -4.67. The van der Waals surface area contributed by atoms with Crippen molar-refractivity contribution in [3.63, 3.8) is 0 Å². The average Bonchev–Trinajstić information content (AvgIpc) is 4.30. The summed E-state index contributed by atoms with van der Waals surface area (Å²) in [5.41, 5.74) is 32.5. The molecule has 0 radical (unpaired) electrons. The molecule has 0 fully saturated rings. The predicted molar refractivity (Wildman–Crippen MR) is 295 cm³/mol. The third-order valence-corrected chi connectivity index (χ3v) is 12.7. The van der Waals surface area contributed by atoms with Crippen LogP contribution in [0.2, 0.25) is 0 Å². The number of imidazole rings is 4. The molecule has 80 heavy (non-hydrogen) atoms. The quantitative estimate of drug-likeness (QED) is 0.0118. The Balaban J connectivity index is 1.40. The van der Waals surface area contributed by atoms with Crippen LogP contribution in [0.25, 0.3) is 0 Å². The Morgan fingerprint density at radius 3 is 1.20 bits per heavy atom. The molecule has 8 atom stereocenters. The molecule has 4 aromatic rings. The van der Waals surface area contributed by atoms with E-state index in [1.807, 2.05) is 0 Å². The van der Waals surface area contributed by atoms with Crippen LogP contribution in [0.1, 0.15) is 99.8 Å². The highest BCUT2D eigenvalue weighted by atomic mass is 32.1. The summed E-state index contributed by atoms with van der Waals surface area (Å²) in [7, 11) is 0. The molecule has 0 aliphatic rings. The van der Waals surface area contributed by atoms with Crippen LogP contribution in [-0.2, 0) is 64.0 Å². The molecule has 4 rings (SSSR count). The van der Waals surface area contributed by atoms with Gasteiger partial charge in [0.05, 0.1) is 49.5 Å². The van der Waals surface area contributed by atoms with Gasteiger partial charge in [0.15, 0.2) is 0 Å². The number of hydrogen-bond donors (Lipinski definition) is 17. The lowest BCUT2D eigenvalue weighted by molar-refractivity contribution is -0.132. The number of hydrogen-bond acceptors (Lipinski definition) is 17. The van der Waals surface area contributed by atoms with Crippen molar-refractivity contribution < 1.29 is 43.2 Å². The van der Waals surface area contributed by atoms with Crippen LogP contribution in [0.4, 0.5) is 4.79 Å². The van der Waals surface area contributed by atoms with Gasteiger partial charge in [0, 0.05) is 99.1 Å². The van der Waals surface area contributed by atoms with Crippen LogP contribution in [0.3, 0.4) is 0 Å². The highest BCUT2D eigenvalue weighted by molar-refractivity contribution is 7.96. The summed E-state index contributed by atoms with van der Waals surface area (Å²) in [6, 6.07) is -8.16. The molecular formula is C49H77N21O9S. The first kappa shape index (κ1) is 64.7. The maximum atomic E-state index is 14.2. The van der Waals surface area contributed by atoms with Gasteiger partial charge in [0.25, 0.3) is 11.1 Å². The summed E-state index contributed by atoms with van der Waals surface area (Å²) < 4.78 is 0. The number of nitrogens with one attached hydrogen (secondary N) is 11. The largest absolute Gasteiger partial charge is 0.368 e. The van der Waals surface area contributed by atoms with E-state index >= 15 is 0 Å². The van der Waals surface area contributed by atoms with Crippen molar-refractivity contribution in [2.75, 3.05) is 19.6 Å². The minimum atomic E-state index is -1.20. The Bertz CT molecular complexity index is 2550. The molecule has 8 unspecified atom stereocenters. The Morgan fingerprint density at radius 2 is 0.812 bits per heavy atom. The number of aliphatic imine (C=N–C) groups is 1. The summed E-state index contributed by atoms with van der Waals surface area (Å²) in [5, 5.41) is 18.3. The number of thiol groups is 1. The van der Waals surface area contributed by atoms with Crippen molar-refractivity contribution in [3.8, 4) is 0 Å². The maximum Gasteiger partial charge on any atom is 0.276 e. The SMILES string of the molecule is NC(=O)C(CCCCNC(=O)C(CCCCNC(=O)C(CCCCNC(=O)C(N)Cc1cnc[nH]1)NC(=O)C(N)Cc1cnc[nH]1)NC(=O)C(CCCC=NC(=O)C(N)Cc1cnc[nH]1)NC(=O)C(N)Cc1cnc[nH]1)NC(=O)S. The van der Waals surface area contributed by atoms with Gasteiger partial charge in [0.1, 0.15) is 24.2 Å². The molecule has 0 aromatic carbocycles. The van der Waals surface area contributed by atoms with Crippen LogP contribution in [0, 0.1) is 0 Å². The number of carbonyl (C=O) groups excluding carboxylic acids is 9. The van der Waals surface area contributed by atoms with Crippen LogP contribution in [-0.4, -0.2) is 167 Å². The standard InChI is InChI=1S/C49H77N21O9S/c50-33(17-29-21-55-25-63-29)42(72)59-13-6-2-10-38(67-44(74)35(52)19-31-23-57-27-65-31)46(76)61-16-8-3-11-39(47(77)62-15-5-1-9-37(41(54)71)70-49(79)80)69-48(78)40(68-45(75)36(53)20-32-24-58-28-66-32)12-4-7-14-60-43(73)34(51)18-30-22-56-26-64-30/h14,21-28,33-40H,1-13,15-20,50-53H2,(H2,54,71)(H,55,63)(H,56,64)(H,57,65)(H,58,66)(H,59,72)(H,61,76)(H,62,77)(H,67,74)(H,68,75)(H,69,78)(H2,70,79,80). The van der Waals surface area contributed by atoms with Gasteiger partial charge >= 0.3 is 0 Å². The molecular weight excluding hydrogens is 1060 g/mol. The number of nitrogens with two attached hydrogens (primary N) is 5. The van der Waals surface area contributed by atoms with E-state index in [0.717, 1.165) is 0 Å². The van der Waals surface area contributed by atoms with Gasteiger partial charge in [-0.05, 0) is 77.0 Å². The molecule has 0 aliphatic heterocycles. The zero-order valence-corrected chi connectivity index (χ0v) is 45.4. The second-order valence-corrected chi connectivity index (χ2v) is 19.5. The van der Waals surface area contributed by atoms with Crippen molar-refractivity contribution >= 4 is 71.3 Å². The smallest absolute Gasteiger partial charge is 0.276 e. The minimum Gasteiger partial charge on any atom is -0.368 e. The van der Waals surface area contributed by atoms with E-state index in [0.29, 0.717) is 54.9 Å². The fourth-order valence-corrected chi connectivity index (χ4v) is 8.22. The van der Waals surface area contributed by atoms with Gasteiger partial charge in [0.2, 0.25) is 41.4 Å². The number of amides is 9. The number of H-pyrrole nitrogens is 4. The van der Waals surface area contributed by atoms with Crippen molar-refractivity contribution in [1.29, 1.82) is 0 Å². The number of aromatic amines is 4. The maximum absolute atomic E-state index is 14.2. The summed E-state index contributed by atoms with van der Waals surface area (Å²) in [6.07, 6.45) is 17.2. The molecule has 0 bridgehead atoms. The van der Waals surface area contributed by atoms with Crippen molar-refractivity contribution in [2.45, 2.75) is 151 Å². The molecule has 0 saturated heterocycles. The van der Waals surface area contributed by atoms with E-state index < -0.39 is 94.9 Å². The van der Waals surface area contributed by atoms with Crippen molar-refractivity contribution in [1.82, 2.24) is 77.1 Å². The summed E-state index contributed by atoms with van der Waals surface area (Å²) in [4.78, 5) is 148. The molecule has 30 nitrogen and oxygen atoms in total. The Labute approximate surface area is 467 Å². The average molecular weight is 1140 g/mol. The second kappa shape index (κ2) is 35.6. The normalized spacial score (nSPS) is 14.3. The zero-order valence-electron chi connectivity index (χ0n) is 44.5. The van der Waals surface area contributed by atoms with E-state index in [-0.39, 0.29) is 96.2 Å². The van der Waals surface area contributed by atoms with E-state index in [2.05, 4.69) is 94.7 Å². The first-order valence-corrected chi connectivity index (χ1v) is 26.8. The minimum absolute atomic E-state index is 0.0419. The van der Waals surface area contributed by atoms with Gasteiger partial charge in [-0.3, -0.25) is 43.2 Å². The molecule has 21 N–H and O–H groups in total. The molecule has 0 spiro atoms. The molecule has 31 heteroatoms. The molecule has 9 amide bonds. The lowest BCUT2D eigenvalue weighted by Crippen LogP contribution is -2.56. The van der Waals surface area contributed by atoms with Crippen LogP contribution in [0.5, 0.6) is 0 Å². The third-order valence-electron chi connectivity index (χ3n) is 12.5. The van der Waals surface area contributed by atoms with Gasteiger partial charge in [-0.1, -0.05) is 12.6 Å². The summed E-state index contributed by atoms with van der Waals surface area (Å²) in [6.45, 7) is 0.479. The summed E-state index contributed by atoms with van der Waals surface area (Å²) >= 11 is 3.65. The van der Waals surface area contributed by atoms with E-state index in [1.165, 1.54) is 43.9 Å². The van der Waals surface area contributed by atoms with Crippen molar-refractivity contribution in [2.24, 2.45) is 33.7 Å². The lowest BCUT2D eigenvalue weighted by Gasteiger charge is -2.24. The zero-order chi connectivity index (χ0) is 58.2. The van der Waals surface area contributed by atoms with Gasteiger partial charge in [-0.15, -0.1) is 0 Å². The molecule has 0 aliphatic carbocycles. The monoisotopic (exact) mass is 1140 g/mol. The number of nitrogens with zero attached hydrogens (tertiary/aromatic N) is 5. The van der Waals surface area contributed by atoms with E-state index in [9.17, 15) is 43.2 Å². The second-order valence-electron chi connectivity index (χ2n) is 19.1. The Kier molecular flexibility index (Phi) is 28.8. The predicted octanol–water partition coefficient (Wildman–Crippen LogP) is -3.27. The molecule has 4 aromatic heterocycles. The lowest BCUT2D eigenvalue weighted by atomic mass is 10.0. The number of carbonyl (C=O) groups is 9. The van der Waals surface area contributed by atoms with Crippen molar-refractivity contribution in [3.05, 3.63) is 72.9 Å². The number of aromatic nitrogens is 8. The molecule has 4 heterocycles. The van der Waals surface area contributed by atoms with E-state index in [1.54, 1.807) is 12.4 Å². The Hall–Kier alpha value is -7.87. The number of unbranched alkanes of at least 4 members (excludes halogenated alkanes) is 4. The third kappa shape index (κ3) is 24.9. The number of primary amides is 1. The van der Waals surface area contributed by atoms with E-state index in [4.69, 9.17) is 28.7 Å². The van der Waals surface area contributed by atoms with Gasteiger partial charge in [-0.2, -0.15) is 0 Å². The molecule has 0 saturated carbocycles. The van der Waals surface area contributed by atoms with Crippen LogP contribution >= 0.6 is 12.6 Å². The Morgan fingerprint density at radius 1 is 0.463 bits per heavy atom. The fraction of sp³-hybridized carbons (Fsp3) is 0.551. The van der Waals surface area contributed by atoms with Crippen LogP contribution < -0.4 is 65.9 Å². The van der Waals surface area contributed by atoms with Gasteiger partial charge < -0.3 is 85.8 Å². The first-order valence-electron chi connectivity index (χ1n) is 26.4. The fourth-order valence-electron chi connectivity index (χ4n) is 8.07. The van der Waals surface area contributed by atoms with Gasteiger partial charge in [-0.25, -0.2) is 24.9 Å². The molecule has 438 valence electrons. The highest BCUT2D eigenvalue weighted by Gasteiger charge is 2.29.